The molecule has 7 nitrogen and oxygen atoms in total. The van der Waals surface area contributed by atoms with Gasteiger partial charge in [-0.25, -0.2) is 9.50 Å². The molecule has 0 saturated heterocycles. The van der Waals surface area contributed by atoms with E-state index >= 15 is 0 Å². The van der Waals surface area contributed by atoms with Gasteiger partial charge >= 0.3 is 0 Å². The standard InChI is InChI=1S/C24H32N6O/c1-16(2)22(29-12-11-19-7-5-6-8-20(19)14-29)13-25-23(31)10-9-21-17(3)28-24-26-15-27-30(24)18(21)4/h5-8,15-16,22H,9-14H2,1-4H3,(H,25,31)/t22-/m1/s1. The molecule has 0 saturated carbocycles. The fourth-order valence-electron chi connectivity index (χ4n) is 4.65. The van der Waals surface area contributed by atoms with Gasteiger partial charge < -0.3 is 5.32 Å². The lowest BCUT2D eigenvalue weighted by Crippen LogP contribution is -2.48. The molecule has 1 atom stereocenters. The molecule has 4 rings (SSSR count). The zero-order chi connectivity index (χ0) is 22.0. The number of hydrogen-bond acceptors (Lipinski definition) is 5. The van der Waals surface area contributed by atoms with E-state index in [0.717, 1.165) is 36.5 Å². The Kier molecular flexibility index (Phi) is 6.32. The maximum absolute atomic E-state index is 12.7. The average molecular weight is 421 g/mol. The molecule has 0 unspecified atom stereocenters. The molecule has 3 heterocycles. The number of aryl methyl sites for hydroxylation is 2. The van der Waals surface area contributed by atoms with E-state index in [4.69, 9.17) is 0 Å². The van der Waals surface area contributed by atoms with Crippen molar-refractivity contribution >= 4 is 11.7 Å². The number of benzene rings is 1. The lowest BCUT2D eigenvalue weighted by molar-refractivity contribution is -0.121. The third kappa shape index (κ3) is 4.61. The highest BCUT2D eigenvalue weighted by atomic mass is 16.1. The van der Waals surface area contributed by atoms with Gasteiger partial charge in [0.05, 0.1) is 0 Å². The van der Waals surface area contributed by atoms with Gasteiger partial charge in [-0.1, -0.05) is 38.1 Å². The van der Waals surface area contributed by atoms with E-state index in [1.54, 1.807) is 4.52 Å². The van der Waals surface area contributed by atoms with Crippen molar-refractivity contribution in [2.24, 2.45) is 5.92 Å². The van der Waals surface area contributed by atoms with E-state index in [0.29, 0.717) is 37.1 Å². The first-order valence-electron chi connectivity index (χ1n) is 11.2. The summed E-state index contributed by atoms with van der Waals surface area (Å²) in [7, 11) is 0. The van der Waals surface area contributed by atoms with Crippen LogP contribution in [0.2, 0.25) is 0 Å². The molecule has 0 aliphatic carbocycles. The number of carbonyl (C=O) groups is 1. The van der Waals surface area contributed by atoms with Crippen LogP contribution in [0.4, 0.5) is 0 Å². The third-order valence-corrected chi connectivity index (χ3v) is 6.50. The van der Waals surface area contributed by atoms with Gasteiger partial charge in [0, 0.05) is 43.5 Å². The zero-order valence-corrected chi connectivity index (χ0v) is 18.9. The van der Waals surface area contributed by atoms with E-state index in [1.807, 2.05) is 13.8 Å². The molecule has 3 aromatic rings. The summed E-state index contributed by atoms with van der Waals surface area (Å²) in [6.45, 7) is 11.1. The van der Waals surface area contributed by atoms with Gasteiger partial charge in [0.25, 0.3) is 5.78 Å². The van der Waals surface area contributed by atoms with Crippen LogP contribution >= 0.6 is 0 Å². The Hall–Kier alpha value is -2.80. The van der Waals surface area contributed by atoms with E-state index in [1.165, 1.54) is 17.5 Å². The van der Waals surface area contributed by atoms with E-state index < -0.39 is 0 Å². The normalized spacial score (nSPS) is 15.3. The average Bonchev–Trinajstić information content (AvgIpc) is 3.22. The van der Waals surface area contributed by atoms with Gasteiger partial charge in [0.15, 0.2) is 0 Å². The molecule has 7 heteroatoms. The second-order valence-corrected chi connectivity index (χ2v) is 8.84. The Morgan fingerprint density at radius 2 is 1.97 bits per heavy atom. The molecule has 0 fully saturated rings. The van der Waals surface area contributed by atoms with Crippen LogP contribution in [0.1, 0.15) is 48.3 Å². The zero-order valence-electron chi connectivity index (χ0n) is 18.9. The molecule has 31 heavy (non-hydrogen) atoms. The molecule has 1 aliphatic rings. The van der Waals surface area contributed by atoms with Crippen LogP contribution in [0.15, 0.2) is 30.6 Å². The number of hydrogen-bond donors (Lipinski definition) is 1. The van der Waals surface area contributed by atoms with Crippen molar-refractivity contribution in [3.63, 3.8) is 0 Å². The predicted molar refractivity (Wildman–Crippen MR) is 121 cm³/mol. The molecular weight excluding hydrogens is 388 g/mol. The SMILES string of the molecule is Cc1nc2ncnn2c(C)c1CCC(=O)NC[C@H](C(C)C)N1CCc2ccccc2C1. The minimum Gasteiger partial charge on any atom is -0.355 e. The Labute approximate surface area is 183 Å². The van der Waals surface area contributed by atoms with Crippen molar-refractivity contribution < 1.29 is 4.79 Å². The lowest BCUT2D eigenvalue weighted by Gasteiger charge is -2.38. The molecule has 1 amide bonds. The lowest BCUT2D eigenvalue weighted by atomic mass is 9.95. The molecule has 0 bridgehead atoms. The summed E-state index contributed by atoms with van der Waals surface area (Å²) < 4.78 is 1.74. The highest BCUT2D eigenvalue weighted by Gasteiger charge is 2.26. The number of fused-ring (bicyclic) bond motifs is 2. The largest absolute Gasteiger partial charge is 0.355 e. The van der Waals surface area contributed by atoms with Crippen molar-refractivity contribution in [3.8, 4) is 0 Å². The van der Waals surface area contributed by atoms with Crippen molar-refractivity contribution in [1.82, 2.24) is 29.8 Å². The third-order valence-electron chi connectivity index (χ3n) is 6.50. The minimum atomic E-state index is 0.0838. The Morgan fingerprint density at radius 1 is 1.19 bits per heavy atom. The molecule has 2 aromatic heterocycles. The summed E-state index contributed by atoms with van der Waals surface area (Å²) >= 11 is 0. The van der Waals surface area contributed by atoms with E-state index in [9.17, 15) is 4.79 Å². The Bertz CT molecular complexity index is 1070. The number of aromatic nitrogens is 4. The molecule has 1 N–H and O–H groups in total. The maximum Gasteiger partial charge on any atom is 0.252 e. The summed E-state index contributed by atoms with van der Waals surface area (Å²) in [5, 5.41) is 7.42. The highest BCUT2D eigenvalue weighted by Crippen LogP contribution is 2.23. The van der Waals surface area contributed by atoms with Crippen molar-refractivity contribution in [2.45, 2.75) is 59.5 Å². The number of nitrogens with one attached hydrogen (secondary N) is 1. The summed E-state index contributed by atoms with van der Waals surface area (Å²) in [6.07, 6.45) is 3.67. The van der Waals surface area contributed by atoms with Crippen LogP contribution in [0.25, 0.3) is 5.78 Å². The van der Waals surface area contributed by atoms with Gasteiger partial charge in [0.2, 0.25) is 5.91 Å². The van der Waals surface area contributed by atoms with Crippen LogP contribution in [0.5, 0.6) is 0 Å². The van der Waals surface area contributed by atoms with Gasteiger partial charge in [-0.3, -0.25) is 9.69 Å². The molecule has 1 aromatic carbocycles. The molecule has 164 valence electrons. The molecular formula is C24H32N6O. The molecule has 0 spiro atoms. The first-order valence-corrected chi connectivity index (χ1v) is 11.2. The second-order valence-electron chi connectivity index (χ2n) is 8.84. The Balaban J connectivity index is 1.35. The number of nitrogens with zero attached hydrogens (tertiary/aromatic N) is 5. The van der Waals surface area contributed by atoms with Gasteiger partial charge in [-0.2, -0.15) is 10.1 Å². The fourth-order valence-corrected chi connectivity index (χ4v) is 4.65. The van der Waals surface area contributed by atoms with Crippen molar-refractivity contribution in [2.75, 3.05) is 13.1 Å². The van der Waals surface area contributed by atoms with Crippen LogP contribution in [0.3, 0.4) is 0 Å². The number of amides is 1. The van der Waals surface area contributed by atoms with Crippen LogP contribution in [0, 0.1) is 19.8 Å². The van der Waals surface area contributed by atoms with Crippen LogP contribution in [-0.4, -0.2) is 49.5 Å². The van der Waals surface area contributed by atoms with Crippen LogP contribution < -0.4 is 5.32 Å². The predicted octanol–water partition coefficient (Wildman–Crippen LogP) is 2.87. The van der Waals surface area contributed by atoms with Gasteiger partial charge in [-0.15, -0.1) is 0 Å². The minimum absolute atomic E-state index is 0.0838. The smallest absolute Gasteiger partial charge is 0.252 e. The quantitative estimate of drug-likeness (QED) is 0.636. The summed E-state index contributed by atoms with van der Waals surface area (Å²) in [4.78, 5) is 23.9. The fraction of sp³-hybridized carbons (Fsp3) is 0.500. The van der Waals surface area contributed by atoms with E-state index in [2.05, 4.69) is 63.4 Å². The maximum atomic E-state index is 12.7. The monoisotopic (exact) mass is 420 g/mol. The summed E-state index contributed by atoms with van der Waals surface area (Å²) in [6, 6.07) is 9.02. The summed E-state index contributed by atoms with van der Waals surface area (Å²) in [5.74, 6) is 1.15. The second kappa shape index (κ2) is 9.14. The van der Waals surface area contributed by atoms with Gasteiger partial charge in [-0.05, 0) is 49.3 Å². The first-order chi connectivity index (χ1) is 14.9. The van der Waals surface area contributed by atoms with Gasteiger partial charge in [0.1, 0.15) is 6.33 Å². The number of carbonyl (C=O) groups excluding carboxylic acids is 1. The highest BCUT2D eigenvalue weighted by molar-refractivity contribution is 5.76. The van der Waals surface area contributed by atoms with Crippen LogP contribution in [-0.2, 0) is 24.2 Å². The summed E-state index contributed by atoms with van der Waals surface area (Å²) in [5.41, 5.74) is 5.85. The Morgan fingerprint density at radius 3 is 2.74 bits per heavy atom. The number of rotatable bonds is 7. The van der Waals surface area contributed by atoms with Crippen molar-refractivity contribution in [3.05, 3.63) is 58.7 Å². The van der Waals surface area contributed by atoms with E-state index in [-0.39, 0.29) is 5.91 Å². The van der Waals surface area contributed by atoms with Crippen molar-refractivity contribution in [1.29, 1.82) is 0 Å². The molecule has 0 radical (unpaired) electrons. The molecule has 1 aliphatic heterocycles. The first kappa shape index (κ1) is 21.4. The topological polar surface area (TPSA) is 75.4 Å².